The van der Waals surface area contributed by atoms with Crippen LogP contribution in [0.25, 0.3) is 88.1 Å². The largest absolute Gasteiger partial charge is 0.378 e. The quantitative estimate of drug-likeness (QED) is 0.0310. The van der Waals surface area contributed by atoms with Gasteiger partial charge in [-0.05, 0) is 209 Å². The number of amides is 4. The molecule has 16 aromatic rings. The zero-order valence-corrected chi connectivity index (χ0v) is 83.8. The van der Waals surface area contributed by atoms with Gasteiger partial charge in [0, 0.05) is 198 Å². The van der Waals surface area contributed by atoms with Gasteiger partial charge in [-0.1, -0.05) is 24.3 Å². The summed E-state index contributed by atoms with van der Waals surface area (Å²) in [5.41, 5.74) is 13.4. The number of carbonyl (C=O) groups excluding carboxylic acids is 4. The smallest absolute Gasteiger partial charge is 0.276 e. The second-order valence-corrected chi connectivity index (χ2v) is 41.0. The number of aromatic nitrogens is 16. The molecule has 0 bridgehead atoms. The van der Waals surface area contributed by atoms with Gasteiger partial charge in [0.25, 0.3) is 29.6 Å². The Labute approximate surface area is 861 Å². The van der Waals surface area contributed by atoms with Crippen LogP contribution in [0.2, 0.25) is 0 Å². The molecule has 4 amide bonds. The number of nitrogens with one attached hydrogen (secondary N) is 8. The molecule has 4 aromatic carbocycles. The minimum atomic E-state index is -2.58. The van der Waals surface area contributed by atoms with Crippen molar-refractivity contribution in [2.45, 2.75) is 133 Å². The number of fused-ring (bicyclic) bond motifs is 4. The van der Waals surface area contributed by atoms with Crippen molar-refractivity contribution in [1.29, 1.82) is 0 Å². The Morgan fingerprint density at radius 3 is 0.873 bits per heavy atom. The van der Waals surface area contributed by atoms with Gasteiger partial charge in [0.2, 0.25) is 0 Å². The van der Waals surface area contributed by atoms with Crippen molar-refractivity contribution in [1.82, 2.24) is 85.6 Å². The van der Waals surface area contributed by atoms with Gasteiger partial charge < -0.3 is 60.3 Å². The lowest BCUT2D eigenvalue weighted by Crippen LogP contribution is -2.38. The Bertz CT molecular complexity index is 7350. The fraction of sp³-hybridized carbons (Fsp3) is 0.351. The monoisotopic (exact) mass is 2030 g/mol. The normalized spacial score (nSPS) is 20.2. The average Bonchev–Trinajstić information content (AvgIpc) is 1.66. The molecule has 8 N–H and O–H groups in total. The Hall–Kier alpha value is -16.1. The number of morpholine rings is 1. The van der Waals surface area contributed by atoms with E-state index in [4.69, 9.17) is 4.74 Å². The topological polar surface area (TPSA) is 369 Å². The van der Waals surface area contributed by atoms with Crippen LogP contribution in [-0.4, -0.2) is 256 Å². The lowest BCUT2D eigenvalue weighted by molar-refractivity contribution is -0.0566. The first-order chi connectivity index (χ1) is 72.5. The molecule has 8 aliphatic rings. The molecule has 24 rings (SSSR count). The highest BCUT2D eigenvalue weighted by atomic mass is 19.3. The Morgan fingerprint density at radius 2 is 0.587 bits per heavy atom. The maximum atomic E-state index is 14.2. The number of alkyl halides is 6. The summed E-state index contributed by atoms with van der Waals surface area (Å²) in [5.74, 6) is -1.17. The van der Waals surface area contributed by atoms with Gasteiger partial charge in [-0.3, -0.25) is 64.4 Å². The maximum absolute atomic E-state index is 14.2. The van der Waals surface area contributed by atoms with Gasteiger partial charge in [-0.2, -0.15) is 20.4 Å². The molecule has 0 radical (unpaired) electrons. The molecule has 8 fully saturated rings. The summed E-state index contributed by atoms with van der Waals surface area (Å²) in [6.07, 6.45) is 28.8. The fourth-order valence-corrected chi connectivity index (χ4v) is 20.5. The highest BCUT2D eigenvalue weighted by Crippen LogP contribution is 2.40. The van der Waals surface area contributed by atoms with E-state index in [0.717, 1.165) is 139 Å². The van der Waals surface area contributed by atoms with Crippen molar-refractivity contribution in [3.05, 3.63) is 248 Å². The second kappa shape index (κ2) is 42.7. The summed E-state index contributed by atoms with van der Waals surface area (Å²) in [5, 5.41) is 43.2. The minimum Gasteiger partial charge on any atom is -0.378 e. The SMILES string of the molecule is CC1(F)CCN(c2ccc(NC(=O)c3n[nH]c4ccc(-c5cncc(CN6CCC(F)(F)CC6)c5)cc34)cn2)C1.CC1(F)CCN(c2ccc(NC(=O)c3n[nH]c4ccc(-c5cncc(N6CCCC6)c5)cc34)cn2)C1.CC1(F)CCN(c2ccc(NC(=O)c3n[nH]c4ccc(-c5cncc(N6CCCCC6)c5)cc34)cn2)C1.CC1(F)CCN(c2ccc(NC(=O)c3n[nH]c4ccc(-c5cncc(N6CCOCC6)c5)cc34)cn2)C1. The fourth-order valence-electron chi connectivity index (χ4n) is 20.5. The van der Waals surface area contributed by atoms with Crippen LogP contribution in [0.1, 0.15) is 146 Å². The summed E-state index contributed by atoms with van der Waals surface area (Å²) in [6.45, 7) is 18.7. The van der Waals surface area contributed by atoms with Gasteiger partial charge in [0.15, 0.2) is 22.8 Å². The maximum Gasteiger partial charge on any atom is 0.276 e. The van der Waals surface area contributed by atoms with Crippen LogP contribution in [0.4, 0.5) is 89.4 Å². The molecule has 8 aliphatic heterocycles. The molecule has 0 saturated carbocycles. The Morgan fingerprint density at radius 1 is 0.300 bits per heavy atom. The molecule has 4 atom stereocenters. The van der Waals surface area contributed by atoms with Crippen LogP contribution >= 0.6 is 0 Å². The minimum absolute atomic E-state index is 0.126. The molecular weight excluding hydrogens is 1920 g/mol. The van der Waals surface area contributed by atoms with Crippen molar-refractivity contribution >= 4 is 130 Å². The lowest BCUT2D eigenvalue weighted by atomic mass is 10.0. The van der Waals surface area contributed by atoms with Gasteiger partial charge in [0.1, 0.15) is 45.9 Å². The van der Waals surface area contributed by atoms with Crippen LogP contribution in [0, 0.1) is 0 Å². The second-order valence-electron chi connectivity index (χ2n) is 41.0. The van der Waals surface area contributed by atoms with E-state index >= 15 is 0 Å². The van der Waals surface area contributed by atoms with Crippen molar-refractivity contribution < 1.29 is 50.3 Å². The third-order valence-electron chi connectivity index (χ3n) is 29.0. The predicted molar refractivity (Wildman–Crippen MR) is 571 cm³/mol. The number of nitrogens with zero attached hydrogens (tertiary/aromatic N) is 20. The number of hydrogen-bond acceptors (Lipinski definition) is 25. The molecule has 39 heteroatoms. The molecule has 33 nitrogen and oxygen atoms in total. The first kappa shape index (κ1) is 99.9. The first-order valence-electron chi connectivity index (χ1n) is 51.0. The number of H-pyrrole nitrogens is 4. The van der Waals surface area contributed by atoms with Crippen LogP contribution in [0.5, 0.6) is 0 Å². The van der Waals surface area contributed by atoms with Crippen LogP contribution in [0.3, 0.4) is 0 Å². The summed E-state index contributed by atoms with van der Waals surface area (Å²) in [4.78, 5) is 105. The number of halogens is 6. The van der Waals surface area contributed by atoms with Crippen LogP contribution < -0.4 is 55.6 Å². The number of anilines is 11. The van der Waals surface area contributed by atoms with E-state index in [1.54, 1.807) is 113 Å². The van der Waals surface area contributed by atoms with E-state index in [9.17, 15) is 45.5 Å². The molecular formula is C111H116F6N28O5. The van der Waals surface area contributed by atoms with Crippen LogP contribution in [-0.2, 0) is 11.3 Å². The third-order valence-corrected chi connectivity index (χ3v) is 29.0. The summed E-state index contributed by atoms with van der Waals surface area (Å²) in [6, 6.07) is 46.1. The van der Waals surface area contributed by atoms with Crippen molar-refractivity contribution in [2.75, 3.05) is 173 Å². The number of carbonyl (C=O) groups is 4. The molecule has 12 aromatic heterocycles. The number of likely N-dealkylation sites (tertiary alicyclic amines) is 1. The molecule has 4 unspecified atom stereocenters. The zero-order chi connectivity index (χ0) is 103. The summed E-state index contributed by atoms with van der Waals surface area (Å²) < 4.78 is 89.2. The van der Waals surface area contributed by atoms with Gasteiger partial charge >= 0.3 is 0 Å². The van der Waals surface area contributed by atoms with E-state index in [1.165, 1.54) is 32.1 Å². The van der Waals surface area contributed by atoms with Gasteiger partial charge in [-0.15, -0.1) is 0 Å². The number of aromatic amines is 4. The number of hydrogen-bond donors (Lipinski definition) is 8. The summed E-state index contributed by atoms with van der Waals surface area (Å²) in [7, 11) is 0. The third kappa shape index (κ3) is 23.4. The number of benzene rings is 4. The van der Waals surface area contributed by atoms with E-state index in [1.807, 2.05) is 141 Å². The number of ether oxygens (including phenoxy) is 1. The van der Waals surface area contributed by atoms with Gasteiger partial charge in [0.05, 0.1) is 145 Å². The van der Waals surface area contributed by atoms with Gasteiger partial charge in [-0.25, -0.2) is 46.3 Å². The van der Waals surface area contributed by atoms with E-state index in [2.05, 4.69) is 135 Å². The van der Waals surface area contributed by atoms with Crippen molar-refractivity contribution in [3.8, 4) is 44.5 Å². The predicted octanol–water partition coefficient (Wildman–Crippen LogP) is 19.5. The molecule has 0 aliphatic carbocycles. The number of pyridine rings is 8. The lowest BCUT2D eigenvalue weighted by Gasteiger charge is -2.31. The van der Waals surface area contributed by atoms with E-state index in [-0.39, 0.29) is 42.2 Å². The van der Waals surface area contributed by atoms with Crippen molar-refractivity contribution in [3.63, 3.8) is 0 Å². The highest BCUT2D eigenvalue weighted by molar-refractivity contribution is 6.15. The molecule has 772 valence electrons. The van der Waals surface area contributed by atoms with Crippen LogP contribution in [0.15, 0.2) is 220 Å². The first-order valence-corrected chi connectivity index (χ1v) is 51.0. The molecule has 20 heterocycles. The number of piperidine rings is 2. The number of rotatable bonds is 21. The zero-order valence-electron chi connectivity index (χ0n) is 83.8. The van der Waals surface area contributed by atoms with E-state index < -0.39 is 28.6 Å². The average molecular weight is 2040 g/mol. The summed E-state index contributed by atoms with van der Waals surface area (Å²) >= 11 is 0. The Balaban J connectivity index is 0.000000117. The molecule has 0 spiro atoms. The molecule has 150 heavy (non-hydrogen) atoms. The van der Waals surface area contributed by atoms with Crippen molar-refractivity contribution in [2.24, 2.45) is 0 Å². The highest BCUT2D eigenvalue weighted by Gasteiger charge is 2.40. The Kier molecular flexibility index (Phi) is 28.4. The van der Waals surface area contributed by atoms with E-state index in [0.29, 0.717) is 185 Å². The molecule has 8 saturated heterocycles. The standard InChI is InChI=1S/C29H30F3N7O.C28H30FN7O.C27H28FN7O2.C27H28FN7O/c1-28(30)6-11-39(18-28)25-5-3-22(16-34-25)35-27(40)26-23-13-20(2-4-24(23)36-37-26)21-12-19(14-33-15-21)17-38-9-7-29(31,32)8-10-38;1-28(29)9-12-36(18-28)25-8-6-21(16-31-25)32-27(37)26-23-14-19(5-7-24(23)33-34-26)20-13-22(17-30-15-20)35-10-3-2-4-11-35;1-27(28)6-7-35(17-27)24-5-3-20(15-30-24)31-26(36)25-22-13-18(2-4-23(22)32-33-25)19-12-21(16-29-14-19)34-8-10-37-11-9-34;1-27(28)8-11-35(17-27)24-7-5-20(15-30-24)31-26(36)25-22-13-18(4-6-23(22)32-33-25)19-12-21(16-29-14-19)34-9-2-3-10-34/h2-5,12-16H,6-11,17-18H2,1H3,(H,35,40)(H,36,37);5-8,13-17H,2-4,9-12,18H2,1H3,(H,32,37)(H,33,34);2-5,12-16H,6-11,17H2,1H3,(H,31,36)(H,32,33);4-7,12-16H,2-3,8-11,17H2,1H3,(H,31,36)(H,32,33).